The molecular weight excluding hydrogens is 384 g/mol. The van der Waals surface area contributed by atoms with Crippen LogP contribution < -0.4 is 15.5 Å². The third-order valence-electron chi connectivity index (χ3n) is 4.02. The number of nitrogens with zero attached hydrogens (tertiary/aromatic N) is 4. The number of pyridine rings is 1. The number of aromatic nitrogens is 4. The fourth-order valence-corrected chi connectivity index (χ4v) is 3.24. The Kier molecular flexibility index (Phi) is 4.64. The van der Waals surface area contributed by atoms with E-state index in [1.807, 2.05) is 12.1 Å². The predicted octanol–water partition coefficient (Wildman–Crippen LogP) is 2.74. The maximum absolute atomic E-state index is 11.4. The number of fused-ring (bicyclic) bond motifs is 1. The van der Waals surface area contributed by atoms with Crippen molar-refractivity contribution in [2.45, 2.75) is 6.54 Å². The first-order chi connectivity index (χ1) is 13.0. The molecule has 132 valence electrons. The first-order valence-electron chi connectivity index (χ1n) is 8.02. The van der Waals surface area contributed by atoms with Gasteiger partial charge in [-0.05, 0) is 29.7 Å². The summed E-state index contributed by atoms with van der Waals surface area (Å²) in [6, 6.07) is 10.6. The molecule has 2 radical (unpaired) electrons. The van der Waals surface area contributed by atoms with Gasteiger partial charge in [0.1, 0.15) is 13.7 Å². The summed E-state index contributed by atoms with van der Waals surface area (Å²) in [7, 11) is 6.01. The second-order valence-electron chi connectivity index (χ2n) is 5.91. The van der Waals surface area contributed by atoms with Crippen molar-refractivity contribution in [3.63, 3.8) is 0 Å². The smallest absolute Gasteiger partial charge is 0.185 e. The van der Waals surface area contributed by atoms with E-state index in [1.54, 1.807) is 28.8 Å². The SMILES string of the molecule is [B]c1cnn2c(NCc3ccc[n+]([O-])c3)cc(-c3ccc(Cl)cc3Cl)nc12. The van der Waals surface area contributed by atoms with Gasteiger partial charge in [0.15, 0.2) is 18.0 Å². The van der Waals surface area contributed by atoms with E-state index in [4.69, 9.17) is 31.0 Å². The van der Waals surface area contributed by atoms with Crippen LogP contribution in [0.5, 0.6) is 0 Å². The lowest BCUT2D eigenvalue weighted by atomic mass is 10.0. The molecule has 0 aliphatic rings. The Morgan fingerprint density at radius 2 is 2.07 bits per heavy atom. The number of benzene rings is 1. The first kappa shape index (κ1) is 17.6. The van der Waals surface area contributed by atoms with Crippen LogP contribution in [0.15, 0.2) is 55.0 Å². The van der Waals surface area contributed by atoms with Crippen molar-refractivity contribution < 1.29 is 4.73 Å². The largest absolute Gasteiger partial charge is 0.619 e. The van der Waals surface area contributed by atoms with Gasteiger partial charge in [0.05, 0.1) is 10.7 Å². The fraction of sp³-hybridized carbons (Fsp3) is 0.0556. The number of nitrogens with one attached hydrogen (secondary N) is 1. The molecule has 3 aromatic heterocycles. The van der Waals surface area contributed by atoms with Gasteiger partial charge in [0.2, 0.25) is 0 Å². The summed E-state index contributed by atoms with van der Waals surface area (Å²) >= 11 is 12.3. The molecule has 0 saturated heterocycles. The predicted molar refractivity (Wildman–Crippen MR) is 107 cm³/mol. The van der Waals surface area contributed by atoms with Gasteiger partial charge >= 0.3 is 0 Å². The average molecular weight is 396 g/mol. The third kappa shape index (κ3) is 3.56. The van der Waals surface area contributed by atoms with Crippen LogP contribution in [0.3, 0.4) is 0 Å². The zero-order valence-corrected chi connectivity index (χ0v) is 15.4. The highest BCUT2D eigenvalue weighted by atomic mass is 35.5. The molecule has 0 fully saturated rings. The molecule has 0 bridgehead atoms. The van der Waals surface area contributed by atoms with E-state index in [9.17, 15) is 5.21 Å². The van der Waals surface area contributed by atoms with Gasteiger partial charge in [-0.1, -0.05) is 23.2 Å². The van der Waals surface area contributed by atoms with Crippen molar-refractivity contribution in [1.29, 1.82) is 0 Å². The quantitative estimate of drug-likeness (QED) is 0.327. The number of hydrogen-bond donors (Lipinski definition) is 1. The molecular formula is C18H12BCl2N5O. The molecule has 0 aliphatic heterocycles. The highest BCUT2D eigenvalue weighted by Crippen LogP contribution is 2.30. The maximum atomic E-state index is 11.4. The molecule has 6 nitrogen and oxygen atoms in total. The van der Waals surface area contributed by atoms with E-state index in [-0.39, 0.29) is 0 Å². The molecule has 1 N–H and O–H groups in total. The molecule has 27 heavy (non-hydrogen) atoms. The van der Waals surface area contributed by atoms with Gasteiger partial charge in [0, 0.05) is 41.0 Å². The molecule has 9 heteroatoms. The lowest BCUT2D eigenvalue weighted by Crippen LogP contribution is -2.25. The van der Waals surface area contributed by atoms with E-state index in [0.29, 0.717) is 39.2 Å². The van der Waals surface area contributed by atoms with Crippen LogP contribution in [0.4, 0.5) is 5.82 Å². The van der Waals surface area contributed by atoms with Gasteiger partial charge in [-0.25, -0.2) is 4.98 Å². The van der Waals surface area contributed by atoms with E-state index >= 15 is 0 Å². The number of hydrogen-bond acceptors (Lipinski definition) is 4. The monoisotopic (exact) mass is 395 g/mol. The standard InChI is InChI=1S/C18H12BCl2N5O/c19-14-9-23-26-17(22-8-11-2-1-5-25(27)10-11)7-16(24-18(14)26)13-4-3-12(20)6-15(13)21/h1-7,9-10,22H,8H2. The van der Waals surface area contributed by atoms with Crippen molar-refractivity contribution in [2.24, 2.45) is 0 Å². The molecule has 0 saturated carbocycles. The van der Waals surface area contributed by atoms with E-state index in [1.165, 1.54) is 18.6 Å². The molecule has 0 aliphatic carbocycles. The summed E-state index contributed by atoms with van der Waals surface area (Å²) < 4.78 is 2.36. The lowest BCUT2D eigenvalue weighted by molar-refractivity contribution is -0.605. The van der Waals surface area contributed by atoms with Crippen LogP contribution in [0.2, 0.25) is 10.0 Å². The fourth-order valence-electron chi connectivity index (χ4n) is 2.74. The summed E-state index contributed by atoms with van der Waals surface area (Å²) in [6.45, 7) is 0.426. The minimum Gasteiger partial charge on any atom is -0.619 e. The Balaban J connectivity index is 1.77. The minimum atomic E-state index is 0.426. The average Bonchev–Trinajstić information content (AvgIpc) is 3.01. The Labute approximate surface area is 166 Å². The van der Waals surface area contributed by atoms with Crippen LogP contribution in [0, 0.1) is 5.21 Å². The number of halogens is 2. The van der Waals surface area contributed by atoms with Crippen molar-refractivity contribution in [2.75, 3.05) is 5.32 Å². The minimum absolute atomic E-state index is 0.426. The van der Waals surface area contributed by atoms with Gasteiger partial charge in [-0.2, -0.15) is 14.3 Å². The lowest BCUT2D eigenvalue weighted by Gasteiger charge is -2.12. The summed E-state index contributed by atoms with van der Waals surface area (Å²) in [5.74, 6) is 0.666. The highest BCUT2D eigenvalue weighted by molar-refractivity contribution is 6.37. The summed E-state index contributed by atoms with van der Waals surface area (Å²) in [6.07, 6.45) is 4.47. The molecule has 3 heterocycles. The zero-order valence-electron chi connectivity index (χ0n) is 13.9. The summed E-state index contributed by atoms with van der Waals surface area (Å²) in [5, 5.41) is 20.0. The molecule has 1 aromatic carbocycles. The van der Waals surface area contributed by atoms with Crippen molar-refractivity contribution in [3.05, 3.63) is 75.8 Å². The number of anilines is 1. The number of rotatable bonds is 4. The molecule has 4 rings (SSSR count). The van der Waals surface area contributed by atoms with Crippen LogP contribution in [-0.4, -0.2) is 22.4 Å². The van der Waals surface area contributed by atoms with Crippen LogP contribution >= 0.6 is 23.2 Å². The Morgan fingerprint density at radius 3 is 2.85 bits per heavy atom. The van der Waals surface area contributed by atoms with Gasteiger partial charge in [-0.15, -0.1) is 0 Å². The second kappa shape index (κ2) is 7.10. The Bertz CT molecular complexity index is 1150. The topological polar surface area (TPSA) is 69.2 Å². The van der Waals surface area contributed by atoms with E-state index < -0.39 is 0 Å². The Hall–Kier alpha value is -2.77. The van der Waals surface area contributed by atoms with Crippen molar-refractivity contribution in [3.8, 4) is 11.3 Å². The van der Waals surface area contributed by atoms with E-state index in [0.717, 1.165) is 15.9 Å². The van der Waals surface area contributed by atoms with Crippen LogP contribution in [0.25, 0.3) is 16.9 Å². The normalized spacial score (nSPS) is 11.0. The first-order valence-corrected chi connectivity index (χ1v) is 8.78. The second-order valence-corrected chi connectivity index (χ2v) is 6.76. The van der Waals surface area contributed by atoms with Gasteiger partial charge in [-0.3, -0.25) is 0 Å². The molecule has 0 atom stereocenters. The van der Waals surface area contributed by atoms with Crippen LogP contribution in [-0.2, 0) is 6.54 Å². The summed E-state index contributed by atoms with van der Waals surface area (Å²) in [4.78, 5) is 4.58. The molecule has 4 aromatic rings. The molecule has 0 unspecified atom stereocenters. The van der Waals surface area contributed by atoms with Gasteiger partial charge in [0.25, 0.3) is 0 Å². The Morgan fingerprint density at radius 1 is 1.22 bits per heavy atom. The van der Waals surface area contributed by atoms with Crippen molar-refractivity contribution in [1.82, 2.24) is 14.6 Å². The highest BCUT2D eigenvalue weighted by Gasteiger charge is 2.13. The molecule has 0 spiro atoms. The summed E-state index contributed by atoms with van der Waals surface area (Å²) in [5.41, 5.74) is 3.13. The van der Waals surface area contributed by atoms with Crippen LogP contribution in [0.1, 0.15) is 5.56 Å². The maximum Gasteiger partial charge on any atom is 0.185 e. The van der Waals surface area contributed by atoms with E-state index in [2.05, 4.69) is 15.4 Å². The van der Waals surface area contributed by atoms with Crippen molar-refractivity contribution >= 4 is 48.0 Å². The van der Waals surface area contributed by atoms with Gasteiger partial charge < -0.3 is 10.5 Å². The third-order valence-corrected chi connectivity index (χ3v) is 4.56. The molecule has 0 amide bonds. The zero-order chi connectivity index (χ0) is 19.0.